The van der Waals surface area contributed by atoms with Crippen molar-refractivity contribution in [3.8, 4) is 5.75 Å². The second kappa shape index (κ2) is 7.67. The van der Waals surface area contributed by atoms with Gasteiger partial charge in [-0.2, -0.15) is 0 Å². The first kappa shape index (κ1) is 18.6. The minimum absolute atomic E-state index is 0.0613. The molecule has 0 spiro atoms. The van der Waals surface area contributed by atoms with Crippen molar-refractivity contribution >= 4 is 28.4 Å². The normalized spacial score (nSPS) is 11.4. The highest BCUT2D eigenvalue weighted by Gasteiger charge is 2.14. The zero-order chi connectivity index (χ0) is 19.7. The summed E-state index contributed by atoms with van der Waals surface area (Å²) in [6.45, 7) is 4.83. The molecular formula is C21H22N4O2S. The molecule has 0 saturated carbocycles. The first-order valence-electron chi connectivity index (χ1n) is 9.22. The van der Waals surface area contributed by atoms with E-state index in [1.54, 1.807) is 23.4 Å². The highest BCUT2D eigenvalue weighted by molar-refractivity contribution is 7.99. The van der Waals surface area contributed by atoms with Crippen molar-refractivity contribution in [2.45, 2.75) is 25.4 Å². The number of fused-ring (bicyclic) bond motifs is 3. The maximum absolute atomic E-state index is 12.5. The van der Waals surface area contributed by atoms with Gasteiger partial charge in [0.2, 0.25) is 5.78 Å². The zero-order valence-corrected chi connectivity index (χ0v) is 17.0. The summed E-state index contributed by atoms with van der Waals surface area (Å²) >= 11 is 1.62. The van der Waals surface area contributed by atoms with Gasteiger partial charge in [0.1, 0.15) is 5.75 Å². The van der Waals surface area contributed by atoms with Gasteiger partial charge in [-0.25, -0.2) is 0 Å². The van der Waals surface area contributed by atoms with Crippen molar-refractivity contribution in [3.05, 3.63) is 63.9 Å². The largest absolute Gasteiger partial charge is 0.494 e. The van der Waals surface area contributed by atoms with Crippen LogP contribution in [0.2, 0.25) is 0 Å². The Morgan fingerprint density at radius 3 is 2.71 bits per heavy atom. The van der Waals surface area contributed by atoms with Gasteiger partial charge in [0.05, 0.1) is 17.5 Å². The molecule has 144 valence electrons. The summed E-state index contributed by atoms with van der Waals surface area (Å²) in [7, 11) is 1.73. The quantitative estimate of drug-likeness (QED) is 0.368. The number of hydrogen-bond acceptors (Lipinski definition) is 5. The van der Waals surface area contributed by atoms with E-state index in [2.05, 4.69) is 36.2 Å². The number of para-hydroxylation sites is 1. The highest BCUT2D eigenvalue weighted by Crippen LogP contribution is 2.22. The van der Waals surface area contributed by atoms with E-state index >= 15 is 0 Å². The average molecular weight is 395 g/mol. The number of benzene rings is 2. The molecule has 0 saturated heterocycles. The third kappa shape index (κ3) is 3.38. The number of rotatable bonds is 6. The van der Waals surface area contributed by atoms with Crippen molar-refractivity contribution < 1.29 is 4.74 Å². The summed E-state index contributed by atoms with van der Waals surface area (Å²) in [6.07, 6.45) is 0.885. The molecule has 0 aliphatic rings. The Morgan fingerprint density at radius 1 is 1.07 bits per heavy atom. The first-order chi connectivity index (χ1) is 13.6. The van der Waals surface area contributed by atoms with Gasteiger partial charge >= 0.3 is 0 Å². The van der Waals surface area contributed by atoms with Crippen LogP contribution in [0.25, 0.3) is 16.7 Å². The Bertz CT molecular complexity index is 1210. The summed E-state index contributed by atoms with van der Waals surface area (Å²) < 4.78 is 9.35. The fourth-order valence-corrected chi connectivity index (χ4v) is 3.97. The van der Waals surface area contributed by atoms with E-state index in [1.165, 1.54) is 11.1 Å². The zero-order valence-electron chi connectivity index (χ0n) is 16.2. The van der Waals surface area contributed by atoms with E-state index in [0.29, 0.717) is 17.8 Å². The Hall–Kier alpha value is -2.80. The minimum Gasteiger partial charge on any atom is -0.494 e. The molecule has 0 atom stereocenters. The molecular weight excluding hydrogens is 372 g/mol. The predicted octanol–water partition coefficient (Wildman–Crippen LogP) is 3.76. The van der Waals surface area contributed by atoms with Gasteiger partial charge < -0.3 is 4.74 Å². The van der Waals surface area contributed by atoms with Gasteiger partial charge in [0.25, 0.3) is 5.56 Å². The topological polar surface area (TPSA) is 61.4 Å². The lowest BCUT2D eigenvalue weighted by molar-refractivity contribution is 0.318. The predicted molar refractivity (Wildman–Crippen MR) is 112 cm³/mol. The maximum atomic E-state index is 12.5. The van der Waals surface area contributed by atoms with Crippen molar-refractivity contribution in [1.29, 1.82) is 0 Å². The second-order valence-corrected chi connectivity index (χ2v) is 7.86. The number of nitrogens with zero attached hydrogens (tertiary/aromatic N) is 4. The molecule has 0 aliphatic carbocycles. The van der Waals surface area contributed by atoms with Crippen molar-refractivity contribution in [2.24, 2.45) is 7.05 Å². The van der Waals surface area contributed by atoms with Crippen LogP contribution in [0, 0.1) is 13.8 Å². The molecule has 0 fully saturated rings. The molecule has 0 amide bonds. The van der Waals surface area contributed by atoms with E-state index in [0.717, 1.165) is 28.6 Å². The molecule has 2 heterocycles. The van der Waals surface area contributed by atoms with Crippen LogP contribution >= 0.6 is 11.8 Å². The molecule has 0 bridgehead atoms. The molecule has 0 radical (unpaired) electrons. The molecule has 2 aromatic carbocycles. The van der Waals surface area contributed by atoms with E-state index < -0.39 is 0 Å². The fraction of sp³-hybridized carbons (Fsp3) is 0.286. The SMILES string of the molecule is Cc1ccc(OCCCSc2nnc3n(C)c(=O)c4ccccc4n23)cc1C. The van der Waals surface area contributed by atoms with Gasteiger partial charge in [0, 0.05) is 12.8 Å². The summed E-state index contributed by atoms with van der Waals surface area (Å²) in [6, 6.07) is 13.7. The summed E-state index contributed by atoms with van der Waals surface area (Å²) in [4.78, 5) is 12.5. The van der Waals surface area contributed by atoms with Crippen LogP contribution in [0.4, 0.5) is 0 Å². The number of aromatic nitrogens is 4. The summed E-state index contributed by atoms with van der Waals surface area (Å²) in [5, 5.41) is 9.97. The summed E-state index contributed by atoms with van der Waals surface area (Å²) in [5.74, 6) is 2.31. The first-order valence-corrected chi connectivity index (χ1v) is 10.2. The van der Waals surface area contributed by atoms with E-state index in [1.807, 2.05) is 34.7 Å². The van der Waals surface area contributed by atoms with Crippen LogP contribution in [-0.4, -0.2) is 31.5 Å². The average Bonchev–Trinajstić information content (AvgIpc) is 3.13. The van der Waals surface area contributed by atoms with Crippen LogP contribution in [0.1, 0.15) is 17.5 Å². The van der Waals surface area contributed by atoms with Gasteiger partial charge in [-0.1, -0.05) is 30.0 Å². The number of thioether (sulfide) groups is 1. The van der Waals surface area contributed by atoms with Crippen molar-refractivity contribution in [3.63, 3.8) is 0 Å². The lowest BCUT2D eigenvalue weighted by atomic mass is 10.1. The lowest BCUT2D eigenvalue weighted by Gasteiger charge is -2.09. The Morgan fingerprint density at radius 2 is 1.89 bits per heavy atom. The van der Waals surface area contributed by atoms with Crippen LogP contribution in [0.5, 0.6) is 5.75 Å². The number of aryl methyl sites for hydroxylation is 3. The molecule has 2 aromatic heterocycles. The lowest BCUT2D eigenvalue weighted by Crippen LogP contribution is -2.20. The molecule has 0 unspecified atom stereocenters. The Kier molecular flexibility index (Phi) is 5.09. The van der Waals surface area contributed by atoms with Gasteiger partial charge in [-0.3, -0.25) is 13.8 Å². The minimum atomic E-state index is -0.0613. The number of hydrogen-bond donors (Lipinski definition) is 0. The second-order valence-electron chi connectivity index (χ2n) is 6.80. The monoisotopic (exact) mass is 394 g/mol. The van der Waals surface area contributed by atoms with Crippen LogP contribution in [0.3, 0.4) is 0 Å². The van der Waals surface area contributed by atoms with Gasteiger partial charge in [-0.15, -0.1) is 10.2 Å². The third-order valence-electron chi connectivity index (χ3n) is 4.86. The van der Waals surface area contributed by atoms with Crippen LogP contribution < -0.4 is 10.3 Å². The van der Waals surface area contributed by atoms with Crippen LogP contribution in [0.15, 0.2) is 52.4 Å². The van der Waals surface area contributed by atoms with E-state index in [-0.39, 0.29) is 5.56 Å². The molecule has 28 heavy (non-hydrogen) atoms. The van der Waals surface area contributed by atoms with E-state index in [9.17, 15) is 4.79 Å². The van der Waals surface area contributed by atoms with Gasteiger partial charge in [0.15, 0.2) is 5.16 Å². The van der Waals surface area contributed by atoms with Crippen molar-refractivity contribution in [1.82, 2.24) is 19.2 Å². The number of ether oxygens (including phenoxy) is 1. The highest BCUT2D eigenvalue weighted by atomic mass is 32.2. The third-order valence-corrected chi connectivity index (χ3v) is 5.88. The maximum Gasteiger partial charge on any atom is 0.262 e. The molecule has 6 nitrogen and oxygen atoms in total. The van der Waals surface area contributed by atoms with Crippen LogP contribution in [-0.2, 0) is 7.05 Å². The van der Waals surface area contributed by atoms with Crippen molar-refractivity contribution in [2.75, 3.05) is 12.4 Å². The fourth-order valence-electron chi connectivity index (χ4n) is 3.12. The molecule has 4 aromatic rings. The summed E-state index contributed by atoms with van der Waals surface area (Å²) in [5.41, 5.74) is 3.27. The smallest absolute Gasteiger partial charge is 0.262 e. The standard InChI is InChI=1S/C21H22N4O2S/c1-14-9-10-16(13-15(14)2)27-11-6-12-28-21-23-22-20-24(3)19(26)17-7-4-5-8-18(17)25(20)21/h4-5,7-10,13H,6,11-12H2,1-3H3. The molecule has 0 aliphatic heterocycles. The molecule has 4 rings (SSSR count). The molecule has 7 heteroatoms. The van der Waals surface area contributed by atoms with Gasteiger partial charge in [-0.05, 0) is 55.7 Å². The molecule has 0 N–H and O–H groups in total. The Labute approximate surface area is 167 Å². The van der Waals surface area contributed by atoms with E-state index in [4.69, 9.17) is 4.74 Å². The Balaban J connectivity index is 1.47.